The molecule has 0 amide bonds. The standard InChI is InChI=1S/C11H13NO/c1-2-5-9(8-12)10-6-3-4-7-11(10)13/h3-4,6-7,9,13H,2,5H2,1H3. The minimum Gasteiger partial charge on any atom is -0.508 e. The lowest BCUT2D eigenvalue weighted by Crippen LogP contribution is -1.95. The SMILES string of the molecule is CCCC(C#N)c1ccccc1O. The number of para-hydroxylation sites is 1. The molecule has 1 unspecified atom stereocenters. The summed E-state index contributed by atoms with van der Waals surface area (Å²) < 4.78 is 0. The van der Waals surface area contributed by atoms with Crippen LogP contribution in [0.5, 0.6) is 5.75 Å². The molecule has 0 bridgehead atoms. The predicted octanol–water partition coefficient (Wildman–Crippen LogP) is 2.80. The van der Waals surface area contributed by atoms with Gasteiger partial charge in [-0.2, -0.15) is 5.26 Å². The fourth-order valence-electron chi connectivity index (χ4n) is 1.36. The first-order valence-electron chi connectivity index (χ1n) is 4.47. The Labute approximate surface area is 78.4 Å². The van der Waals surface area contributed by atoms with Crippen LogP contribution in [0.4, 0.5) is 0 Å². The van der Waals surface area contributed by atoms with Crippen molar-refractivity contribution in [1.82, 2.24) is 0 Å². The molecule has 0 saturated carbocycles. The molecule has 1 atom stereocenters. The zero-order valence-corrected chi connectivity index (χ0v) is 7.70. The highest BCUT2D eigenvalue weighted by Gasteiger charge is 2.12. The Bertz CT molecular complexity index is 314. The highest BCUT2D eigenvalue weighted by atomic mass is 16.3. The molecule has 68 valence electrons. The molecule has 0 saturated heterocycles. The first kappa shape index (κ1) is 9.60. The van der Waals surface area contributed by atoms with Gasteiger partial charge in [0, 0.05) is 5.56 Å². The van der Waals surface area contributed by atoms with Crippen molar-refractivity contribution in [2.24, 2.45) is 0 Å². The Morgan fingerprint density at radius 2 is 2.15 bits per heavy atom. The van der Waals surface area contributed by atoms with E-state index >= 15 is 0 Å². The van der Waals surface area contributed by atoms with Crippen molar-refractivity contribution in [2.45, 2.75) is 25.7 Å². The van der Waals surface area contributed by atoms with Crippen LogP contribution in [0.2, 0.25) is 0 Å². The molecule has 2 heteroatoms. The molecule has 0 aliphatic heterocycles. The van der Waals surface area contributed by atoms with E-state index in [4.69, 9.17) is 5.26 Å². The van der Waals surface area contributed by atoms with Crippen LogP contribution < -0.4 is 0 Å². The van der Waals surface area contributed by atoms with Gasteiger partial charge in [-0.25, -0.2) is 0 Å². The van der Waals surface area contributed by atoms with E-state index in [2.05, 4.69) is 6.07 Å². The first-order valence-corrected chi connectivity index (χ1v) is 4.47. The predicted molar refractivity (Wildman–Crippen MR) is 51.4 cm³/mol. The van der Waals surface area contributed by atoms with Gasteiger partial charge in [-0.1, -0.05) is 31.5 Å². The highest BCUT2D eigenvalue weighted by Crippen LogP contribution is 2.27. The van der Waals surface area contributed by atoms with Crippen LogP contribution in [0.15, 0.2) is 24.3 Å². The topological polar surface area (TPSA) is 44.0 Å². The summed E-state index contributed by atoms with van der Waals surface area (Å²) in [5.41, 5.74) is 0.742. The normalized spacial score (nSPS) is 12.0. The molecular formula is C11H13NO. The molecule has 0 aliphatic rings. The number of phenolic OH excluding ortho intramolecular Hbond substituents is 1. The van der Waals surface area contributed by atoms with E-state index in [9.17, 15) is 5.11 Å². The fraction of sp³-hybridized carbons (Fsp3) is 0.364. The van der Waals surface area contributed by atoms with Gasteiger partial charge in [0.1, 0.15) is 5.75 Å². The average molecular weight is 175 g/mol. The van der Waals surface area contributed by atoms with Crippen molar-refractivity contribution in [2.75, 3.05) is 0 Å². The number of aromatic hydroxyl groups is 1. The molecule has 0 spiro atoms. The van der Waals surface area contributed by atoms with Crippen LogP contribution in [-0.4, -0.2) is 5.11 Å². The fourth-order valence-corrected chi connectivity index (χ4v) is 1.36. The van der Waals surface area contributed by atoms with E-state index in [0.29, 0.717) is 0 Å². The molecule has 1 aromatic rings. The summed E-state index contributed by atoms with van der Waals surface area (Å²) in [5, 5.41) is 18.4. The monoisotopic (exact) mass is 175 g/mol. The van der Waals surface area contributed by atoms with Crippen LogP contribution in [-0.2, 0) is 0 Å². The lowest BCUT2D eigenvalue weighted by Gasteiger charge is -2.08. The lowest BCUT2D eigenvalue weighted by atomic mass is 9.95. The third-order valence-corrected chi connectivity index (χ3v) is 2.05. The van der Waals surface area contributed by atoms with Crippen molar-refractivity contribution in [1.29, 1.82) is 5.26 Å². The Kier molecular flexibility index (Phi) is 3.33. The minimum atomic E-state index is -0.175. The second kappa shape index (κ2) is 4.51. The zero-order valence-electron chi connectivity index (χ0n) is 7.70. The van der Waals surface area contributed by atoms with E-state index in [-0.39, 0.29) is 11.7 Å². The Morgan fingerprint density at radius 3 is 2.69 bits per heavy atom. The lowest BCUT2D eigenvalue weighted by molar-refractivity contribution is 0.464. The third kappa shape index (κ3) is 2.22. The molecule has 1 aromatic carbocycles. The summed E-state index contributed by atoms with van der Waals surface area (Å²) in [6, 6.07) is 9.23. The van der Waals surface area contributed by atoms with Gasteiger partial charge in [0.2, 0.25) is 0 Å². The maximum atomic E-state index is 9.49. The van der Waals surface area contributed by atoms with E-state index in [0.717, 1.165) is 18.4 Å². The average Bonchev–Trinajstić information content (AvgIpc) is 2.16. The summed E-state index contributed by atoms with van der Waals surface area (Å²) in [6.45, 7) is 2.03. The zero-order chi connectivity index (χ0) is 9.68. The Balaban J connectivity index is 2.92. The van der Waals surface area contributed by atoms with Crippen LogP contribution in [0, 0.1) is 11.3 Å². The third-order valence-electron chi connectivity index (χ3n) is 2.05. The van der Waals surface area contributed by atoms with Crippen LogP contribution in [0.25, 0.3) is 0 Å². The van der Waals surface area contributed by atoms with Crippen molar-refractivity contribution in [3.8, 4) is 11.8 Å². The molecule has 0 aromatic heterocycles. The van der Waals surface area contributed by atoms with E-state index in [1.54, 1.807) is 18.2 Å². The van der Waals surface area contributed by atoms with Crippen molar-refractivity contribution in [3.05, 3.63) is 29.8 Å². The highest BCUT2D eigenvalue weighted by molar-refractivity contribution is 5.37. The number of hydrogen-bond acceptors (Lipinski definition) is 2. The molecule has 13 heavy (non-hydrogen) atoms. The summed E-state index contributed by atoms with van der Waals surface area (Å²) in [6.07, 6.45) is 1.75. The van der Waals surface area contributed by atoms with Gasteiger partial charge in [0.15, 0.2) is 0 Å². The number of benzene rings is 1. The van der Waals surface area contributed by atoms with Gasteiger partial charge < -0.3 is 5.11 Å². The number of nitriles is 1. The molecule has 0 radical (unpaired) electrons. The smallest absolute Gasteiger partial charge is 0.120 e. The van der Waals surface area contributed by atoms with Gasteiger partial charge in [-0.3, -0.25) is 0 Å². The largest absolute Gasteiger partial charge is 0.508 e. The second-order valence-electron chi connectivity index (χ2n) is 3.03. The molecular weight excluding hydrogens is 162 g/mol. The van der Waals surface area contributed by atoms with Gasteiger partial charge in [0.25, 0.3) is 0 Å². The maximum Gasteiger partial charge on any atom is 0.120 e. The molecule has 0 fully saturated rings. The quantitative estimate of drug-likeness (QED) is 0.767. The second-order valence-corrected chi connectivity index (χ2v) is 3.03. The van der Waals surface area contributed by atoms with Crippen molar-refractivity contribution in [3.63, 3.8) is 0 Å². The van der Waals surface area contributed by atoms with Gasteiger partial charge in [-0.15, -0.1) is 0 Å². The van der Waals surface area contributed by atoms with Crippen LogP contribution >= 0.6 is 0 Å². The number of rotatable bonds is 3. The first-order chi connectivity index (χ1) is 6.29. The Hall–Kier alpha value is -1.49. The number of phenols is 1. The molecule has 2 nitrogen and oxygen atoms in total. The number of hydrogen-bond donors (Lipinski definition) is 1. The van der Waals surface area contributed by atoms with Crippen molar-refractivity contribution < 1.29 is 5.11 Å². The van der Waals surface area contributed by atoms with Gasteiger partial charge in [0.05, 0.1) is 12.0 Å². The van der Waals surface area contributed by atoms with E-state index in [1.807, 2.05) is 13.0 Å². The van der Waals surface area contributed by atoms with Crippen LogP contribution in [0.3, 0.4) is 0 Å². The molecule has 0 heterocycles. The minimum absolute atomic E-state index is 0.175. The Morgan fingerprint density at radius 1 is 1.46 bits per heavy atom. The summed E-state index contributed by atoms with van der Waals surface area (Å²) in [7, 11) is 0. The van der Waals surface area contributed by atoms with Gasteiger partial charge in [-0.05, 0) is 12.5 Å². The summed E-state index contributed by atoms with van der Waals surface area (Å²) in [5.74, 6) is 0.0497. The van der Waals surface area contributed by atoms with E-state index < -0.39 is 0 Å². The molecule has 0 aliphatic carbocycles. The summed E-state index contributed by atoms with van der Waals surface area (Å²) >= 11 is 0. The van der Waals surface area contributed by atoms with E-state index in [1.165, 1.54) is 0 Å². The van der Waals surface area contributed by atoms with Crippen LogP contribution in [0.1, 0.15) is 31.2 Å². The molecule has 1 N–H and O–H groups in total. The van der Waals surface area contributed by atoms with Crippen molar-refractivity contribution >= 4 is 0 Å². The number of nitrogens with zero attached hydrogens (tertiary/aromatic N) is 1. The maximum absolute atomic E-state index is 9.49. The van der Waals surface area contributed by atoms with Gasteiger partial charge >= 0.3 is 0 Å². The summed E-state index contributed by atoms with van der Waals surface area (Å²) in [4.78, 5) is 0. The molecule has 1 rings (SSSR count).